The minimum atomic E-state index is -1.07. The maximum Gasteiger partial charge on any atom is 0.324 e. The molecule has 15 heteroatoms. The highest BCUT2D eigenvalue weighted by atomic mass is 16.5. The predicted octanol–water partition coefficient (Wildman–Crippen LogP) is 5.39. The summed E-state index contributed by atoms with van der Waals surface area (Å²) >= 11 is 0. The van der Waals surface area contributed by atoms with E-state index in [1.54, 1.807) is 30.3 Å². The van der Waals surface area contributed by atoms with E-state index in [0.29, 0.717) is 62.3 Å². The Morgan fingerprint density at radius 1 is 1.15 bits per heavy atom. The summed E-state index contributed by atoms with van der Waals surface area (Å²) in [6.07, 6.45) is 5.34. The molecule has 3 aliphatic heterocycles. The van der Waals surface area contributed by atoms with Gasteiger partial charge in [0.2, 0.25) is 11.8 Å². The van der Waals surface area contributed by atoms with Gasteiger partial charge in [-0.05, 0) is 109 Å². The molecule has 3 amide bonds. The molecule has 4 aromatic rings. The molecule has 344 valence electrons. The van der Waals surface area contributed by atoms with Crippen molar-refractivity contribution in [1.29, 1.82) is 5.26 Å². The van der Waals surface area contributed by atoms with Crippen molar-refractivity contribution in [2.24, 2.45) is 17.3 Å². The van der Waals surface area contributed by atoms with Gasteiger partial charge in [-0.1, -0.05) is 46.4 Å². The van der Waals surface area contributed by atoms with Crippen molar-refractivity contribution in [2.45, 2.75) is 91.1 Å². The number of rotatable bonds is 11. The number of likely N-dealkylation sites (N-methyl/N-ethyl adjacent to an activating group) is 1. The van der Waals surface area contributed by atoms with Gasteiger partial charge < -0.3 is 29.4 Å². The lowest BCUT2D eigenvalue weighted by Crippen LogP contribution is -2.62. The maximum atomic E-state index is 14.7. The van der Waals surface area contributed by atoms with E-state index in [2.05, 4.69) is 34.4 Å². The van der Waals surface area contributed by atoms with Gasteiger partial charge in [0.25, 0.3) is 5.91 Å². The van der Waals surface area contributed by atoms with Crippen molar-refractivity contribution in [3.8, 4) is 34.2 Å². The molecule has 6 bridgehead atoms. The molecule has 7 rings (SSSR count). The number of nitrogens with one attached hydrogen (secondary N) is 2. The van der Waals surface area contributed by atoms with Crippen LogP contribution in [-0.2, 0) is 54.6 Å². The molecule has 3 N–H and O–H groups in total. The first kappa shape index (κ1) is 46.9. The van der Waals surface area contributed by atoms with E-state index in [1.807, 2.05) is 74.5 Å². The van der Waals surface area contributed by atoms with Crippen LogP contribution in [0.3, 0.4) is 0 Å². The van der Waals surface area contributed by atoms with Gasteiger partial charge in [0, 0.05) is 67.8 Å². The molecule has 2 aromatic carbocycles. The number of phenolic OH excluding ortho intramolecular Hbond substituents is 1. The molecule has 2 aromatic heterocycles. The highest BCUT2D eigenvalue weighted by Crippen LogP contribution is 2.41. The van der Waals surface area contributed by atoms with E-state index in [9.17, 15) is 29.5 Å². The monoisotopic (exact) mass is 886 g/mol. The van der Waals surface area contributed by atoms with Gasteiger partial charge in [0.15, 0.2) is 0 Å². The molecule has 2 unspecified atom stereocenters. The minimum Gasteiger partial charge on any atom is -0.508 e. The molecule has 0 radical (unpaired) electrons. The van der Waals surface area contributed by atoms with Crippen molar-refractivity contribution in [2.75, 3.05) is 46.9 Å². The number of carbonyl (C=O) groups is 4. The average Bonchev–Trinajstić information content (AvgIpc) is 3.86. The summed E-state index contributed by atoms with van der Waals surface area (Å²) in [6, 6.07) is 14.9. The first-order valence-corrected chi connectivity index (χ1v) is 22.6. The molecular formula is C50H62N8O7. The molecule has 15 nitrogen and oxygen atoms in total. The van der Waals surface area contributed by atoms with E-state index in [1.165, 1.54) is 11.1 Å². The van der Waals surface area contributed by atoms with E-state index < -0.39 is 35.4 Å². The van der Waals surface area contributed by atoms with Crippen LogP contribution in [0.5, 0.6) is 5.75 Å². The van der Waals surface area contributed by atoms with Crippen LogP contribution in [0.2, 0.25) is 0 Å². The van der Waals surface area contributed by atoms with Gasteiger partial charge in [-0.3, -0.25) is 34.1 Å². The summed E-state index contributed by atoms with van der Waals surface area (Å²) in [5, 5.41) is 26.9. The number of aromatic hydroxyl groups is 1. The standard InChI is InChI=1S/C50H62N8O7/c1-8-44(60)56-19-15-32(28-56)27-55(6)45(31(2)3)47(61)53-41-23-33-21-35(24-36(59)22-33)34-13-14-43-38(25-34)39(46(57(43)20-16-51)37-11-9-17-52-42(37)29-64-7)26-50(4,5)30-65-49(63)40-12-10-18-58(54-40)48(41)62/h8-9,11,13-14,17,21-22,24-25,31-32,40-41,45,54,59H,1,10,12,15,18-20,23,26-30H2,2-7H3,(H,53,61)/t32-,40?,41?,45+/m1/s1. The predicted molar refractivity (Wildman–Crippen MR) is 247 cm³/mol. The topological polar surface area (TPSA) is 182 Å². The van der Waals surface area contributed by atoms with E-state index in [4.69, 9.17) is 9.47 Å². The molecule has 2 saturated heterocycles. The first-order chi connectivity index (χ1) is 31.1. The highest BCUT2D eigenvalue weighted by Gasteiger charge is 2.38. The maximum absolute atomic E-state index is 14.7. The Morgan fingerprint density at radius 3 is 2.69 bits per heavy atom. The van der Waals surface area contributed by atoms with Gasteiger partial charge in [-0.2, -0.15) is 5.26 Å². The number of nitriles is 1. The van der Waals surface area contributed by atoms with Crippen LogP contribution < -0.4 is 10.7 Å². The Bertz CT molecular complexity index is 2490. The van der Waals surface area contributed by atoms with Gasteiger partial charge in [-0.25, -0.2) is 5.43 Å². The zero-order chi connectivity index (χ0) is 46.6. The fourth-order valence-corrected chi connectivity index (χ4v) is 9.93. The number of nitrogens with zero attached hydrogens (tertiary/aromatic N) is 6. The minimum absolute atomic E-state index is 0.00701. The van der Waals surface area contributed by atoms with Crippen molar-refractivity contribution in [3.63, 3.8) is 0 Å². The number of ether oxygens (including phenoxy) is 2. The SMILES string of the molecule is C=CC(=O)N1CC[C@H](CN(C)[C@H](C(=O)NC2Cc3cc(O)cc(c3)-c3ccc4c(c3)c(c(-c3cccnc3COC)n4CC#N)CC(C)(C)COC(=O)C3CCCN(N3)C2=O)C(C)C)C1. The van der Waals surface area contributed by atoms with Crippen LogP contribution >= 0.6 is 0 Å². The van der Waals surface area contributed by atoms with Gasteiger partial charge in [0.1, 0.15) is 24.4 Å². The van der Waals surface area contributed by atoms with Crippen LogP contribution in [0.4, 0.5) is 0 Å². The summed E-state index contributed by atoms with van der Waals surface area (Å²) < 4.78 is 13.6. The number of fused-ring (bicyclic) bond motifs is 6. The lowest BCUT2D eigenvalue weighted by atomic mass is 9.84. The number of esters is 1. The van der Waals surface area contributed by atoms with E-state index >= 15 is 0 Å². The van der Waals surface area contributed by atoms with Crippen LogP contribution in [0.1, 0.15) is 63.8 Å². The number of methoxy groups -OCH3 is 1. The zero-order valence-electron chi connectivity index (χ0n) is 38.4. The molecule has 0 aliphatic carbocycles. The number of hydrogen-bond acceptors (Lipinski definition) is 11. The quantitative estimate of drug-likeness (QED) is 0.130. The second-order valence-electron chi connectivity index (χ2n) is 18.9. The number of amides is 3. The number of cyclic esters (lactones) is 1. The highest BCUT2D eigenvalue weighted by molar-refractivity contribution is 5.96. The number of likely N-dealkylation sites (tertiary alicyclic amines) is 1. The molecule has 0 saturated carbocycles. The fraction of sp³-hybridized carbons (Fsp3) is 0.480. The smallest absolute Gasteiger partial charge is 0.324 e. The fourth-order valence-electron chi connectivity index (χ4n) is 9.93. The molecule has 3 aliphatic rings. The average molecular weight is 887 g/mol. The number of aromatic nitrogens is 2. The molecule has 2 fully saturated rings. The zero-order valence-corrected chi connectivity index (χ0v) is 38.4. The third kappa shape index (κ3) is 10.4. The summed E-state index contributed by atoms with van der Waals surface area (Å²) in [7, 11) is 3.51. The van der Waals surface area contributed by atoms with E-state index in [-0.39, 0.29) is 55.6 Å². The number of phenols is 1. The van der Waals surface area contributed by atoms with Crippen molar-refractivity contribution < 1.29 is 33.8 Å². The summed E-state index contributed by atoms with van der Waals surface area (Å²) in [5.74, 6) is -1.30. The Morgan fingerprint density at radius 2 is 1.95 bits per heavy atom. The number of pyridine rings is 1. The third-order valence-electron chi connectivity index (χ3n) is 12.9. The van der Waals surface area contributed by atoms with Gasteiger partial charge >= 0.3 is 5.97 Å². The lowest BCUT2D eigenvalue weighted by molar-refractivity contribution is -0.155. The Balaban J connectivity index is 1.30. The number of hydrazine groups is 1. The Kier molecular flexibility index (Phi) is 14.4. The molecule has 4 atom stereocenters. The largest absolute Gasteiger partial charge is 0.508 e. The summed E-state index contributed by atoms with van der Waals surface area (Å²) in [5.41, 5.74) is 8.79. The van der Waals surface area contributed by atoms with Crippen LogP contribution in [0, 0.1) is 28.6 Å². The van der Waals surface area contributed by atoms with Gasteiger partial charge in [0.05, 0.1) is 36.7 Å². The Labute approximate surface area is 381 Å². The van der Waals surface area contributed by atoms with Crippen molar-refractivity contribution in [1.82, 2.24) is 35.1 Å². The second kappa shape index (κ2) is 20.0. The van der Waals surface area contributed by atoms with Crippen LogP contribution in [0.25, 0.3) is 33.3 Å². The van der Waals surface area contributed by atoms with Crippen LogP contribution in [-0.4, -0.2) is 118 Å². The van der Waals surface area contributed by atoms with Crippen molar-refractivity contribution in [3.05, 3.63) is 84.2 Å². The number of benzene rings is 2. The Hall–Kier alpha value is -6.08. The molecule has 0 spiro atoms. The van der Waals surface area contributed by atoms with Crippen molar-refractivity contribution >= 4 is 34.6 Å². The number of carbonyl (C=O) groups excluding carboxylic acids is 4. The lowest BCUT2D eigenvalue weighted by Gasteiger charge is -2.37. The normalized spacial score (nSPS) is 20.6. The summed E-state index contributed by atoms with van der Waals surface area (Å²) in [6.45, 7) is 14.1. The van der Waals surface area contributed by atoms with Crippen LogP contribution in [0.15, 0.2) is 67.4 Å². The van der Waals surface area contributed by atoms with E-state index in [0.717, 1.165) is 39.7 Å². The summed E-state index contributed by atoms with van der Waals surface area (Å²) in [4.78, 5) is 63.8. The first-order valence-electron chi connectivity index (χ1n) is 22.6. The van der Waals surface area contributed by atoms with Gasteiger partial charge in [-0.15, -0.1) is 0 Å². The molecule has 5 heterocycles. The number of hydrogen-bond donors (Lipinski definition) is 3. The second-order valence-corrected chi connectivity index (χ2v) is 18.9. The third-order valence-corrected chi connectivity index (χ3v) is 12.9. The molecule has 65 heavy (non-hydrogen) atoms. The molecular weight excluding hydrogens is 825 g/mol.